The molecule has 1 amide bonds. The van der Waals surface area contributed by atoms with Gasteiger partial charge in [-0.15, -0.1) is 0 Å². The first-order chi connectivity index (χ1) is 11.5. The zero-order valence-electron chi connectivity index (χ0n) is 14.1. The standard InChI is InChI=1S/C17H21N5O2/c1-12-9-19-14(10-18-12)17(23)22-7-8-24-15(11-22)13-5-4-6-16(20-13)21(2)3/h4-6,9-10,15H,7-8,11H2,1-3H3/t15-/m0/s1. The maximum atomic E-state index is 12.6. The highest BCUT2D eigenvalue weighted by molar-refractivity contribution is 5.92. The maximum absolute atomic E-state index is 12.6. The van der Waals surface area contributed by atoms with Gasteiger partial charge in [0.2, 0.25) is 0 Å². The van der Waals surface area contributed by atoms with E-state index in [9.17, 15) is 4.79 Å². The minimum atomic E-state index is -0.235. The van der Waals surface area contributed by atoms with Crippen LogP contribution in [0.15, 0.2) is 30.6 Å². The summed E-state index contributed by atoms with van der Waals surface area (Å²) in [7, 11) is 3.89. The van der Waals surface area contributed by atoms with Gasteiger partial charge in [0, 0.05) is 26.8 Å². The Bertz CT molecular complexity index is 717. The Hall–Kier alpha value is -2.54. The molecule has 0 unspecified atom stereocenters. The molecular formula is C17H21N5O2. The van der Waals surface area contributed by atoms with E-state index in [4.69, 9.17) is 4.74 Å². The highest BCUT2D eigenvalue weighted by Gasteiger charge is 2.27. The fourth-order valence-corrected chi connectivity index (χ4v) is 2.55. The Labute approximate surface area is 141 Å². The normalized spacial score (nSPS) is 17.6. The second-order valence-electron chi connectivity index (χ2n) is 5.97. The third-order valence-corrected chi connectivity index (χ3v) is 3.90. The first kappa shape index (κ1) is 16.3. The minimum absolute atomic E-state index is 0.125. The monoisotopic (exact) mass is 327 g/mol. The van der Waals surface area contributed by atoms with E-state index in [1.165, 1.54) is 6.20 Å². The molecule has 0 saturated carbocycles. The van der Waals surface area contributed by atoms with E-state index >= 15 is 0 Å². The van der Waals surface area contributed by atoms with Crippen molar-refractivity contribution in [1.82, 2.24) is 19.9 Å². The summed E-state index contributed by atoms with van der Waals surface area (Å²) in [5.74, 6) is 0.739. The molecule has 7 nitrogen and oxygen atoms in total. The van der Waals surface area contributed by atoms with Crippen molar-refractivity contribution in [1.29, 1.82) is 0 Å². The lowest BCUT2D eigenvalue weighted by molar-refractivity contribution is -0.0248. The first-order valence-corrected chi connectivity index (χ1v) is 7.88. The van der Waals surface area contributed by atoms with E-state index in [0.29, 0.717) is 25.4 Å². The van der Waals surface area contributed by atoms with Gasteiger partial charge < -0.3 is 14.5 Å². The number of nitrogens with zero attached hydrogens (tertiary/aromatic N) is 5. The topological polar surface area (TPSA) is 71.5 Å². The molecule has 0 bridgehead atoms. The number of ether oxygens (including phenoxy) is 1. The second kappa shape index (κ2) is 6.92. The third-order valence-electron chi connectivity index (χ3n) is 3.90. The summed E-state index contributed by atoms with van der Waals surface area (Å²) < 4.78 is 5.82. The fraction of sp³-hybridized carbons (Fsp3) is 0.412. The van der Waals surface area contributed by atoms with Gasteiger partial charge in [-0.3, -0.25) is 9.78 Å². The van der Waals surface area contributed by atoms with Crippen molar-refractivity contribution in [3.8, 4) is 0 Å². The predicted octanol–water partition coefficient (Wildman–Crippen LogP) is 1.46. The van der Waals surface area contributed by atoms with E-state index in [-0.39, 0.29) is 12.0 Å². The van der Waals surface area contributed by atoms with Gasteiger partial charge >= 0.3 is 0 Å². The van der Waals surface area contributed by atoms with Crippen LogP contribution < -0.4 is 4.90 Å². The first-order valence-electron chi connectivity index (χ1n) is 7.88. The molecule has 7 heteroatoms. The van der Waals surface area contributed by atoms with Crippen LogP contribution in [0, 0.1) is 6.92 Å². The van der Waals surface area contributed by atoms with E-state index in [2.05, 4.69) is 15.0 Å². The molecule has 0 radical (unpaired) electrons. The SMILES string of the molecule is Cc1cnc(C(=O)N2CCO[C@H](c3cccc(N(C)C)n3)C2)cn1. The molecule has 126 valence electrons. The van der Waals surface area contributed by atoms with E-state index < -0.39 is 0 Å². The highest BCUT2D eigenvalue weighted by atomic mass is 16.5. The molecule has 1 aliphatic rings. The largest absolute Gasteiger partial charge is 0.368 e. The Kier molecular flexibility index (Phi) is 4.71. The summed E-state index contributed by atoms with van der Waals surface area (Å²) in [4.78, 5) is 29.2. The Morgan fingerprint density at radius 3 is 2.83 bits per heavy atom. The van der Waals surface area contributed by atoms with Crippen molar-refractivity contribution in [2.45, 2.75) is 13.0 Å². The van der Waals surface area contributed by atoms with E-state index in [0.717, 1.165) is 17.2 Å². The number of carbonyl (C=O) groups excluding carboxylic acids is 1. The number of morpholine rings is 1. The van der Waals surface area contributed by atoms with Gasteiger partial charge in [0.05, 0.1) is 30.7 Å². The van der Waals surface area contributed by atoms with Crippen LogP contribution >= 0.6 is 0 Å². The van der Waals surface area contributed by atoms with Crippen LogP contribution in [0.2, 0.25) is 0 Å². The van der Waals surface area contributed by atoms with Crippen molar-refractivity contribution in [2.75, 3.05) is 38.7 Å². The van der Waals surface area contributed by atoms with Crippen molar-refractivity contribution >= 4 is 11.7 Å². The van der Waals surface area contributed by atoms with Crippen LogP contribution in [-0.4, -0.2) is 59.6 Å². The van der Waals surface area contributed by atoms with Crippen LogP contribution in [0.25, 0.3) is 0 Å². The van der Waals surface area contributed by atoms with E-state index in [1.54, 1.807) is 11.1 Å². The molecule has 0 aromatic carbocycles. The molecule has 2 aromatic rings. The number of hydrogen-bond acceptors (Lipinski definition) is 6. The van der Waals surface area contributed by atoms with Crippen LogP contribution in [0.5, 0.6) is 0 Å². The number of hydrogen-bond donors (Lipinski definition) is 0. The quantitative estimate of drug-likeness (QED) is 0.850. The second-order valence-corrected chi connectivity index (χ2v) is 5.97. The van der Waals surface area contributed by atoms with Crippen molar-refractivity contribution in [2.24, 2.45) is 0 Å². The van der Waals surface area contributed by atoms with Crippen LogP contribution in [0.4, 0.5) is 5.82 Å². The van der Waals surface area contributed by atoms with Crippen LogP contribution in [0.1, 0.15) is 28.0 Å². The van der Waals surface area contributed by atoms with Crippen LogP contribution in [0.3, 0.4) is 0 Å². The molecule has 1 fully saturated rings. The van der Waals surface area contributed by atoms with Gasteiger partial charge in [-0.05, 0) is 19.1 Å². The molecule has 24 heavy (non-hydrogen) atoms. The summed E-state index contributed by atoms with van der Waals surface area (Å²) in [6.07, 6.45) is 2.89. The predicted molar refractivity (Wildman–Crippen MR) is 89.9 cm³/mol. The number of aryl methyl sites for hydroxylation is 1. The molecule has 3 rings (SSSR count). The minimum Gasteiger partial charge on any atom is -0.368 e. The van der Waals surface area contributed by atoms with Gasteiger partial charge in [-0.1, -0.05) is 6.07 Å². The average Bonchev–Trinajstić information content (AvgIpc) is 2.62. The number of amides is 1. The molecule has 1 aliphatic heterocycles. The average molecular weight is 327 g/mol. The van der Waals surface area contributed by atoms with Crippen molar-refractivity contribution < 1.29 is 9.53 Å². The fourth-order valence-electron chi connectivity index (χ4n) is 2.55. The number of rotatable bonds is 3. The molecule has 0 N–H and O–H groups in total. The summed E-state index contributed by atoms with van der Waals surface area (Å²) in [6.45, 7) is 3.32. The van der Waals surface area contributed by atoms with Crippen LogP contribution in [-0.2, 0) is 4.74 Å². The highest BCUT2D eigenvalue weighted by Crippen LogP contribution is 2.23. The Morgan fingerprint density at radius 1 is 1.29 bits per heavy atom. The van der Waals surface area contributed by atoms with Gasteiger partial charge in [0.25, 0.3) is 5.91 Å². The van der Waals surface area contributed by atoms with Crippen molar-refractivity contribution in [3.05, 3.63) is 47.7 Å². The molecule has 2 aromatic heterocycles. The molecule has 0 spiro atoms. The smallest absolute Gasteiger partial charge is 0.274 e. The number of aromatic nitrogens is 3. The Morgan fingerprint density at radius 2 is 2.12 bits per heavy atom. The number of pyridine rings is 1. The summed E-state index contributed by atoms with van der Waals surface area (Å²) in [5.41, 5.74) is 1.97. The lowest BCUT2D eigenvalue weighted by atomic mass is 10.1. The zero-order chi connectivity index (χ0) is 17.1. The number of anilines is 1. The van der Waals surface area contributed by atoms with Gasteiger partial charge in [-0.25, -0.2) is 9.97 Å². The zero-order valence-corrected chi connectivity index (χ0v) is 14.1. The molecule has 1 atom stereocenters. The lowest BCUT2D eigenvalue weighted by Gasteiger charge is -2.32. The van der Waals surface area contributed by atoms with Gasteiger partial charge in [0.1, 0.15) is 17.6 Å². The third kappa shape index (κ3) is 3.51. The summed E-state index contributed by atoms with van der Waals surface area (Å²) in [6, 6.07) is 5.82. The van der Waals surface area contributed by atoms with Crippen molar-refractivity contribution in [3.63, 3.8) is 0 Å². The van der Waals surface area contributed by atoms with Gasteiger partial charge in [-0.2, -0.15) is 0 Å². The summed E-state index contributed by atoms with van der Waals surface area (Å²) in [5, 5.41) is 0. The molecule has 1 saturated heterocycles. The Balaban J connectivity index is 1.75. The summed E-state index contributed by atoms with van der Waals surface area (Å²) >= 11 is 0. The molecule has 0 aliphatic carbocycles. The molecular weight excluding hydrogens is 306 g/mol. The maximum Gasteiger partial charge on any atom is 0.274 e. The lowest BCUT2D eigenvalue weighted by Crippen LogP contribution is -2.42. The molecule has 3 heterocycles. The number of carbonyl (C=O) groups is 1. The van der Waals surface area contributed by atoms with E-state index in [1.807, 2.05) is 44.1 Å². The van der Waals surface area contributed by atoms with Gasteiger partial charge in [0.15, 0.2) is 0 Å².